The first-order chi connectivity index (χ1) is 19.5. The van der Waals surface area contributed by atoms with Crippen LogP contribution in [0.4, 0.5) is 5.69 Å². The van der Waals surface area contributed by atoms with E-state index in [4.69, 9.17) is 9.72 Å². The molecule has 0 radical (unpaired) electrons. The Morgan fingerprint density at radius 2 is 1.80 bits per heavy atom. The van der Waals surface area contributed by atoms with Crippen molar-refractivity contribution >= 4 is 28.5 Å². The molecule has 0 unspecified atom stereocenters. The molecule has 1 amide bonds. The minimum atomic E-state index is -1.12. The maximum Gasteiger partial charge on any atom is 0.339 e. The van der Waals surface area contributed by atoms with Crippen molar-refractivity contribution in [2.45, 2.75) is 66.4 Å². The van der Waals surface area contributed by atoms with Gasteiger partial charge < -0.3 is 10.1 Å². The quantitative estimate of drug-likeness (QED) is 0.293. The monoisotopic (exact) mass is 554 g/mol. The lowest BCUT2D eigenvalue weighted by Gasteiger charge is -2.37. The van der Waals surface area contributed by atoms with Crippen LogP contribution < -0.4 is 10.9 Å². The van der Waals surface area contributed by atoms with Gasteiger partial charge in [0, 0.05) is 18.1 Å². The topological polar surface area (TPSA) is 95.2 Å². The van der Waals surface area contributed by atoms with E-state index in [0.717, 1.165) is 47.8 Å². The number of ether oxygens (including phenoxy) is 1. The summed E-state index contributed by atoms with van der Waals surface area (Å²) in [4.78, 5) is 45.2. The number of nitrogens with one attached hydrogen (secondary N) is 1. The van der Waals surface area contributed by atoms with Crippen molar-refractivity contribution in [3.05, 3.63) is 87.5 Å². The molecule has 2 heterocycles. The lowest BCUT2D eigenvalue weighted by atomic mass is 9.68. The van der Waals surface area contributed by atoms with E-state index in [1.807, 2.05) is 54.6 Å². The third-order valence-electron chi connectivity index (χ3n) is 8.94. The van der Waals surface area contributed by atoms with Crippen molar-refractivity contribution in [3.8, 4) is 5.69 Å². The van der Waals surface area contributed by atoms with Gasteiger partial charge in [0.25, 0.3) is 11.5 Å². The fourth-order valence-electron chi connectivity index (χ4n) is 5.79. The van der Waals surface area contributed by atoms with E-state index < -0.39 is 18.0 Å². The number of pyridine rings is 1. The van der Waals surface area contributed by atoms with Crippen LogP contribution in [0.1, 0.15) is 67.8 Å². The number of aryl methyl sites for hydroxylation is 1. The summed E-state index contributed by atoms with van der Waals surface area (Å²) in [6.07, 6.45) is 2.47. The van der Waals surface area contributed by atoms with E-state index in [-0.39, 0.29) is 16.7 Å². The molecule has 0 bridgehead atoms. The van der Waals surface area contributed by atoms with Gasteiger partial charge in [0.05, 0.1) is 22.5 Å². The number of esters is 1. The largest absolute Gasteiger partial charge is 0.449 e. The number of rotatable bonds is 7. The maximum atomic E-state index is 13.8. The summed E-state index contributed by atoms with van der Waals surface area (Å²) in [5.41, 5.74) is 4.27. The Morgan fingerprint density at radius 1 is 1.12 bits per heavy atom. The number of amides is 1. The van der Waals surface area contributed by atoms with Crippen LogP contribution in [0.2, 0.25) is 0 Å². The average Bonchev–Trinajstić information content (AvgIpc) is 3.18. The summed E-state index contributed by atoms with van der Waals surface area (Å²) < 4.78 is 8.98. The predicted molar refractivity (Wildman–Crippen MR) is 161 cm³/mol. The third-order valence-corrected chi connectivity index (χ3v) is 8.94. The van der Waals surface area contributed by atoms with Gasteiger partial charge in [0.15, 0.2) is 6.10 Å². The van der Waals surface area contributed by atoms with E-state index in [2.05, 4.69) is 26.1 Å². The molecular weight excluding hydrogens is 516 g/mol. The Kier molecular flexibility index (Phi) is 7.60. The first kappa shape index (κ1) is 28.3. The van der Waals surface area contributed by atoms with Crippen LogP contribution in [-0.4, -0.2) is 32.3 Å². The Balaban J connectivity index is 1.43. The minimum Gasteiger partial charge on any atom is -0.449 e. The highest BCUT2D eigenvalue weighted by Crippen LogP contribution is 2.41. The molecule has 4 aromatic rings. The van der Waals surface area contributed by atoms with E-state index in [9.17, 15) is 14.4 Å². The predicted octanol–water partition coefficient (Wildman–Crippen LogP) is 5.76. The number of hydrogen-bond donors (Lipinski definition) is 1. The number of benzene rings is 2. The molecule has 1 N–H and O–H groups in total. The van der Waals surface area contributed by atoms with Crippen LogP contribution in [0.25, 0.3) is 16.6 Å². The molecule has 0 aliphatic heterocycles. The summed E-state index contributed by atoms with van der Waals surface area (Å²) >= 11 is 0. The SMILES string of the molecule is CCC(C)(C)[C@@H]1CCc2nc3ccccc3c(C(=O)O[C@@H](C)C(=O)Nc3c(C)n(C)n(-c4ccccc4)c3=O)c2C1. The number of carbonyl (C=O) groups is 2. The zero-order chi connectivity index (χ0) is 29.5. The van der Waals surface area contributed by atoms with Gasteiger partial charge in [-0.15, -0.1) is 0 Å². The van der Waals surface area contributed by atoms with Gasteiger partial charge in [-0.2, -0.15) is 0 Å². The zero-order valence-electron chi connectivity index (χ0n) is 24.7. The zero-order valence-corrected chi connectivity index (χ0v) is 24.7. The van der Waals surface area contributed by atoms with Crippen molar-refractivity contribution < 1.29 is 14.3 Å². The molecule has 2 aromatic carbocycles. The second kappa shape index (κ2) is 11.0. The number of nitrogens with zero attached hydrogens (tertiary/aromatic N) is 3. The van der Waals surface area contributed by atoms with Gasteiger partial charge in [-0.1, -0.05) is 63.6 Å². The van der Waals surface area contributed by atoms with E-state index in [1.54, 1.807) is 18.7 Å². The van der Waals surface area contributed by atoms with Crippen LogP contribution >= 0.6 is 0 Å². The van der Waals surface area contributed by atoms with Crippen LogP contribution in [0.15, 0.2) is 59.4 Å². The fourth-order valence-corrected chi connectivity index (χ4v) is 5.79. The van der Waals surface area contributed by atoms with Crippen molar-refractivity contribution in [2.75, 3.05) is 5.32 Å². The first-order valence-electron chi connectivity index (χ1n) is 14.3. The molecular formula is C33H38N4O4. The molecule has 0 saturated heterocycles. The van der Waals surface area contributed by atoms with Gasteiger partial charge >= 0.3 is 5.97 Å². The summed E-state index contributed by atoms with van der Waals surface area (Å²) in [6, 6.07) is 16.8. The van der Waals surface area contributed by atoms with Crippen LogP contribution in [-0.2, 0) is 29.4 Å². The molecule has 8 heteroatoms. The lowest BCUT2D eigenvalue weighted by Crippen LogP contribution is -2.33. The molecule has 0 fully saturated rings. The summed E-state index contributed by atoms with van der Waals surface area (Å²) in [5.74, 6) is -0.714. The highest BCUT2D eigenvalue weighted by atomic mass is 16.5. The Morgan fingerprint density at radius 3 is 2.51 bits per heavy atom. The number of para-hydroxylation sites is 2. The normalized spacial score (nSPS) is 15.8. The van der Waals surface area contributed by atoms with E-state index in [0.29, 0.717) is 22.9 Å². The molecule has 214 valence electrons. The second-order valence-electron chi connectivity index (χ2n) is 11.7. The molecule has 0 spiro atoms. The Hall–Kier alpha value is -4.20. The minimum absolute atomic E-state index is 0.123. The standard InChI is InChI=1S/C33H38N4O4/c1-7-33(4,5)22-17-18-27-25(19-22)28(24-15-11-12-16-26(24)34-27)32(40)41-21(3)30(38)35-29-20(2)36(6)37(31(29)39)23-13-9-8-10-14-23/h8-16,21-22H,7,17-19H2,1-6H3,(H,35,38)/t21-,22+/m0/s1. The van der Waals surface area contributed by atoms with Gasteiger partial charge in [-0.05, 0) is 68.2 Å². The maximum absolute atomic E-state index is 13.8. The average molecular weight is 555 g/mol. The van der Waals surface area contributed by atoms with Gasteiger partial charge in [0.1, 0.15) is 5.69 Å². The van der Waals surface area contributed by atoms with Gasteiger partial charge in [0.2, 0.25) is 0 Å². The van der Waals surface area contributed by atoms with Crippen molar-refractivity contribution in [2.24, 2.45) is 18.4 Å². The van der Waals surface area contributed by atoms with Crippen LogP contribution in [0, 0.1) is 18.3 Å². The van der Waals surface area contributed by atoms with Gasteiger partial charge in [-0.25, -0.2) is 9.48 Å². The molecule has 1 aliphatic rings. The molecule has 8 nitrogen and oxygen atoms in total. The summed E-state index contributed by atoms with van der Waals surface area (Å²) in [6.45, 7) is 10.0. The van der Waals surface area contributed by atoms with Crippen molar-refractivity contribution in [1.82, 2.24) is 14.3 Å². The third kappa shape index (κ3) is 5.19. The van der Waals surface area contributed by atoms with Crippen molar-refractivity contribution in [3.63, 3.8) is 0 Å². The number of fused-ring (bicyclic) bond motifs is 2. The smallest absolute Gasteiger partial charge is 0.339 e. The number of carbonyl (C=O) groups excluding carboxylic acids is 2. The lowest BCUT2D eigenvalue weighted by molar-refractivity contribution is -0.123. The molecule has 0 saturated carbocycles. The fraction of sp³-hybridized carbons (Fsp3) is 0.394. The molecule has 41 heavy (non-hydrogen) atoms. The van der Waals surface area contributed by atoms with Crippen molar-refractivity contribution in [1.29, 1.82) is 0 Å². The van der Waals surface area contributed by atoms with E-state index in [1.165, 1.54) is 11.6 Å². The van der Waals surface area contributed by atoms with Crippen LogP contribution in [0.5, 0.6) is 0 Å². The number of anilines is 1. The highest BCUT2D eigenvalue weighted by Gasteiger charge is 2.35. The van der Waals surface area contributed by atoms with E-state index >= 15 is 0 Å². The van der Waals surface area contributed by atoms with Gasteiger partial charge in [-0.3, -0.25) is 19.3 Å². The second-order valence-corrected chi connectivity index (χ2v) is 11.7. The Bertz CT molecular complexity index is 1680. The number of hydrogen-bond acceptors (Lipinski definition) is 5. The highest BCUT2D eigenvalue weighted by molar-refractivity contribution is 6.06. The Labute approximate surface area is 240 Å². The first-order valence-corrected chi connectivity index (χ1v) is 14.3. The van der Waals surface area contributed by atoms with Crippen LogP contribution in [0.3, 0.4) is 0 Å². The molecule has 2 aromatic heterocycles. The molecule has 1 aliphatic carbocycles. The molecule has 5 rings (SSSR count). The molecule has 2 atom stereocenters. The summed E-state index contributed by atoms with van der Waals surface area (Å²) in [7, 11) is 1.76. The number of aromatic nitrogens is 3. The summed E-state index contributed by atoms with van der Waals surface area (Å²) in [5, 5.41) is 3.44.